The third-order valence-corrected chi connectivity index (χ3v) is 3.59. The molecule has 0 bridgehead atoms. The first-order valence-corrected chi connectivity index (χ1v) is 6.26. The second-order valence-electron chi connectivity index (χ2n) is 4.71. The lowest BCUT2D eigenvalue weighted by atomic mass is 9.90. The number of H-pyrrole nitrogens is 1. The van der Waals surface area contributed by atoms with Crippen molar-refractivity contribution in [3.05, 3.63) is 18.2 Å². The van der Waals surface area contributed by atoms with Crippen LogP contribution in [0.1, 0.15) is 38.3 Å². The first-order chi connectivity index (χ1) is 7.79. The molecule has 16 heavy (non-hydrogen) atoms. The number of nitrogens with zero attached hydrogens (tertiary/aromatic N) is 2. The average Bonchev–Trinajstić information content (AvgIpc) is 2.80. The zero-order valence-electron chi connectivity index (χ0n) is 10.0. The summed E-state index contributed by atoms with van der Waals surface area (Å²) in [5.74, 6) is 0. The predicted octanol–water partition coefficient (Wildman–Crippen LogP) is 1.50. The zero-order chi connectivity index (χ0) is 11.4. The highest BCUT2D eigenvalue weighted by Gasteiger charge is 2.23. The number of hydrogen-bond acceptors (Lipinski definition) is 3. The Kier molecular flexibility index (Phi) is 3.96. The Balaban J connectivity index is 1.89. The lowest BCUT2D eigenvalue weighted by Crippen LogP contribution is -2.40. The van der Waals surface area contributed by atoms with Gasteiger partial charge in [-0.3, -0.25) is 4.90 Å². The number of aromatic amines is 1. The monoisotopic (exact) mass is 222 g/mol. The molecule has 1 saturated carbocycles. The van der Waals surface area contributed by atoms with E-state index in [-0.39, 0.29) is 0 Å². The van der Waals surface area contributed by atoms with E-state index >= 15 is 0 Å². The van der Waals surface area contributed by atoms with Crippen molar-refractivity contribution in [2.45, 2.75) is 51.2 Å². The van der Waals surface area contributed by atoms with Crippen LogP contribution in [0.2, 0.25) is 0 Å². The van der Waals surface area contributed by atoms with Crippen molar-refractivity contribution in [2.24, 2.45) is 5.73 Å². The molecule has 0 unspecified atom stereocenters. The Bertz CT molecular complexity index is 288. The summed E-state index contributed by atoms with van der Waals surface area (Å²) in [6.07, 6.45) is 8.48. The van der Waals surface area contributed by atoms with Crippen LogP contribution in [0, 0.1) is 0 Å². The van der Waals surface area contributed by atoms with Gasteiger partial charge in [0.05, 0.1) is 6.33 Å². The van der Waals surface area contributed by atoms with E-state index in [1.165, 1.54) is 31.4 Å². The molecule has 1 heterocycles. The first-order valence-electron chi connectivity index (χ1n) is 6.26. The fourth-order valence-corrected chi connectivity index (χ4v) is 2.56. The molecule has 90 valence electrons. The summed E-state index contributed by atoms with van der Waals surface area (Å²) in [6.45, 7) is 4.31. The van der Waals surface area contributed by atoms with Gasteiger partial charge in [-0.2, -0.15) is 0 Å². The Morgan fingerprint density at radius 1 is 1.44 bits per heavy atom. The number of aromatic nitrogens is 2. The maximum Gasteiger partial charge on any atom is 0.0922 e. The maximum atomic E-state index is 5.94. The van der Waals surface area contributed by atoms with E-state index < -0.39 is 0 Å². The van der Waals surface area contributed by atoms with E-state index in [4.69, 9.17) is 5.73 Å². The van der Waals surface area contributed by atoms with Crippen molar-refractivity contribution >= 4 is 0 Å². The number of nitrogens with two attached hydrogens (primary N) is 1. The van der Waals surface area contributed by atoms with Crippen molar-refractivity contribution in [3.63, 3.8) is 0 Å². The van der Waals surface area contributed by atoms with Gasteiger partial charge in [0.25, 0.3) is 0 Å². The molecule has 1 aromatic heterocycles. The molecule has 0 amide bonds. The van der Waals surface area contributed by atoms with E-state index in [9.17, 15) is 0 Å². The average molecular weight is 222 g/mol. The van der Waals surface area contributed by atoms with E-state index in [0.717, 1.165) is 13.1 Å². The number of hydrogen-bond donors (Lipinski definition) is 2. The quantitative estimate of drug-likeness (QED) is 0.811. The Hall–Kier alpha value is -0.870. The molecule has 0 aromatic carbocycles. The van der Waals surface area contributed by atoms with E-state index in [0.29, 0.717) is 12.1 Å². The molecule has 0 radical (unpaired) electrons. The van der Waals surface area contributed by atoms with Gasteiger partial charge >= 0.3 is 0 Å². The SMILES string of the molecule is CCN(Cc1cnc[nH]1)C1CCC(N)CC1. The minimum Gasteiger partial charge on any atom is -0.347 e. The molecule has 1 aliphatic carbocycles. The van der Waals surface area contributed by atoms with Crippen LogP contribution in [0.4, 0.5) is 0 Å². The van der Waals surface area contributed by atoms with Gasteiger partial charge in [-0.15, -0.1) is 0 Å². The summed E-state index contributed by atoms with van der Waals surface area (Å²) in [4.78, 5) is 9.76. The van der Waals surface area contributed by atoms with Crippen molar-refractivity contribution in [2.75, 3.05) is 6.54 Å². The molecule has 3 N–H and O–H groups in total. The third-order valence-electron chi connectivity index (χ3n) is 3.59. The van der Waals surface area contributed by atoms with E-state index in [1.807, 2.05) is 6.20 Å². The van der Waals surface area contributed by atoms with Gasteiger partial charge in [0.1, 0.15) is 0 Å². The lowest BCUT2D eigenvalue weighted by Gasteiger charge is -2.35. The van der Waals surface area contributed by atoms with Crippen molar-refractivity contribution in [3.8, 4) is 0 Å². The number of nitrogens with one attached hydrogen (secondary N) is 1. The van der Waals surface area contributed by atoms with Crippen molar-refractivity contribution in [1.29, 1.82) is 0 Å². The summed E-state index contributed by atoms with van der Waals surface area (Å²) >= 11 is 0. The highest BCUT2D eigenvalue weighted by Crippen LogP contribution is 2.22. The van der Waals surface area contributed by atoms with Gasteiger partial charge in [-0.1, -0.05) is 6.92 Å². The minimum atomic E-state index is 0.433. The molecule has 0 saturated heterocycles. The molecular formula is C12H22N4. The molecule has 0 atom stereocenters. The Morgan fingerprint density at radius 2 is 2.19 bits per heavy atom. The second-order valence-corrected chi connectivity index (χ2v) is 4.71. The molecule has 1 fully saturated rings. The van der Waals surface area contributed by atoms with Gasteiger partial charge in [0.15, 0.2) is 0 Å². The van der Waals surface area contributed by atoms with Crippen LogP contribution >= 0.6 is 0 Å². The molecule has 0 spiro atoms. The standard InChI is InChI=1S/C12H22N4/c1-2-16(8-11-7-14-9-15-11)12-5-3-10(13)4-6-12/h7,9-10,12H,2-6,8,13H2,1H3,(H,14,15). The Labute approximate surface area is 97.2 Å². The van der Waals surface area contributed by atoms with Crippen LogP contribution in [-0.4, -0.2) is 33.5 Å². The van der Waals surface area contributed by atoms with E-state index in [2.05, 4.69) is 21.8 Å². The van der Waals surface area contributed by atoms with Gasteiger partial charge < -0.3 is 10.7 Å². The topological polar surface area (TPSA) is 57.9 Å². The van der Waals surface area contributed by atoms with Gasteiger partial charge in [-0.25, -0.2) is 4.98 Å². The third kappa shape index (κ3) is 2.83. The Morgan fingerprint density at radius 3 is 2.75 bits per heavy atom. The van der Waals surface area contributed by atoms with Crippen LogP contribution in [-0.2, 0) is 6.54 Å². The first kappa shape index (κ1) is 11.6. The smallest absolute Gasteiger partial charge is 0.0922 e. The summed E-state index contributed by atoms with van der Waals surface area (Å²) in [7, 11) is 0. The fourth-order valence-electron chi connectivity index (χ4n) is 2.56. The van der Waals surface area contributed by atoms with Gasteiger partial charge in [0.2, 0.25) is 0 Å². The minimum absolute atomic E-state index is 0.433. The van der Waals surface area contributed by atoms with Crippen LogP contribution < -0.4 is 5.73 Å². The number of rotatable bonds is 4. The van der Waals surface area contributed by atoms with Crippen molar-refractivity contribution < 1.29 is 0 Å². The molecule has 4 heteroatoms. The summed E-state index contributed by atoms with van der Waals surface area (Å²) < 4.78 is 0. The molecule has 1 aliphatic rings. The van der Waals surface area contributed by atoms with Crippen LogP contribution in [0.3, 0.4) is 0 Å². The van der Waals surface area contributed by atoms with Crippen LogP contribution in [0.25, 0.3) is 0 Å². The lowest BCUT2D eigenvalue weighted by molar-refractivity contribution is 0.148. The van der Waals surface area contributed by atoms with E-state index in [1.54, 1.807) is 6.33 Å². The molecule has 0 aliphatic heterocycles. The summed E-state index contributed by atoms with van der Waals surface area (Å²) in [5.41, 5.74) is 7.15. The second kappa shape index (κ2) is 5.46. The number of imidazole rings is 1. The van der Waals surface area contributed by atoms with Gasteiger partial charge in [0, 0.05) is 30.5 Å². The predicted molar refractivity (Wildman–Crippen MR) is 64.9 cm³/mol. The molecule has 4 nitrogen and oxygen atoms in total. The summed E-state index contributed by atoms with van der Waals surface area (Å²) in [5, 5.41) is 0. The van der Waals surface area contributed by atoms with Crippen LogP contribution in [0.5, 0.6) is 0 Å². The summed E-state index contributed by atoms with van der Waals surface area (Å²) in [6, 6.07) is 1.13. The van der Waals surface area contributed by atoms with Gasteiger partial charge in [-0.05, 0) is 32.2 Å². The largest absolute Gasteiger partial charge is 0.347 e. The zero-order valence-corrected chi connectivity index (χ0v) is 10.0. The molecule has 2 rings (SSSR count). The van der Waals surface area contributed by atoms with Crippen LogP contribution in [0.15, 0.2) is 12.5 Å². The molecular weight excluding hydrogens is 200 g/mol. The maximum absolute atomic E-state index is 5.94. The fraction of sp³-hybridized carbons (Fsp3) is 0.750. The molecule has 1 aromatic rings. The highest BCUT2D eigenvalue weighted by molar-refractivity contribution is 4.95. The highest BCUT2D eigenvalue weighted by atomic mass is 15.2. The van der Waals surface area contributed by atoms with Crippen molar-refractivity contribution in [1.82, 2.24) is 14.9 Å². The normalized spacial score (nSPS) is 26.2.